The number of H-pyrrole nitrogens is 3. The van der Waals surface area contributed by atoms with Crippen LogP contribution in [0.5, 0.6) is 34.5 Å². The van der Waals surface area contributed by atoms with Crippen LogP contribution in [0.3, 0.4) is 0 Å². The summed E-state index contributed by atoms with van der Waals surface area (Å²) in [6.45, 7) is 8.00. The zero-order chi connectivity index (χ0) is 65.0. The number of urea groups is 3. The molecule has 6 aromatic heterocycles. The van der Waals surface area contributed by atoms with E-state index in [9.17, 15) is 37.1 Å². The minimum atomic E-state index is -4.83. The van der Waals surface area contributed by atoms with Gasteiger partial charge in [-0.15, -0.1) is 0 Å². The van der Waals surface area contributed by atoms with E-state index in [4.69, 9.17) is 14.2 Å². The Labute approximate surface area is 523 Å². The number of aromatic nitrogens is 12. The molecule has 0 saturated heterocycles. The molecule has 93 heavy (non-hydrogen) atoms. The molecule has 0 saturated carbocycles. The molecule has 0 radical (unpaired) electrons. The van der Waals surface area contributed by atoms with Crippen LogP contribution in [0, 0.1) is 0 Å². The highest BCUT2D eigenvalue weighted by molar-refractivity contribution is 5.97. The van der Waals surface area contributed by atoms with Gasteiger partial charge >= 0.3 is 30.3 Å². The Hall–Kier alpha value is -12.3. The number of nitrogens with one attached hydrogen (secondary N) is 9. The molecule has 0 aliphatic carbocycles. The van der Waals surface area contributed by atoms with Gasteiger partial charge in [-0.3, -0.25) is 16.0 Å². The third kappa shape index (κ3) is 13.0. The van der Waals surface area contributed by atoms with Crippen molar-refractivity contribution >= 4 is 69.0 Å². The molecule has 6 aromatic carbocycles. The maximum absolute atomic E-state index is 13.7. The number of imidazole rings is 3. The summed E-state index contributed by atoms with van der Waals surface area (Å²) in [6.07, 6.45) is 0.676. The van der Waals surface area contributed by atoms with Gasteiger partial charge in [0.05, 0.1) is 40.7 Å². The molecule has 2 aliphatic heterocycles. The highest BCUT2D eigenvalue weighted by atomic mass is 19.3. The van der Waals surface area contributed by atoms with Crippen molar-refractivity contribution in [3.8, 4) is 84.9 Å². The van der Waals surface area contributed by atoms with Crippen LogP contribution in [-0.4, -0.2) is 135 Å². The molecule has 2 aliphatic rings. The number of benzene rings is 6. The zero-order valence-electron chi connectivity index (χ0n) is 49.6. The van der Waals surface area contributed by atoms with Gasteiger partial charge in [-0.05, 0) is 145 Å². The van der Waals surface area contributed by atoms with Crippen LogP contribution in [0.1, 0.15) is 20.8 Å². The van der Waals surface area contributed by atoms with Crippen LogP contribution in [0.15, 0.2) is 146 Å². The van der Waals surface area contributed by atoms with E-state index < -0.39 is 29.7 Å². The van der Waals surface area contributed by atoms with Crippen LogP contribution in [-0.2, 0) is 0 Å². The number of carbonyl (C=O) groups is 3. The number of aromatic hydroxyl groups is 1. The number of methoxy groups -OCH3 is 1. The molecule has 14 rings (SSSR count). The predicted octanol–water partition coefficient (Wildman–Crippen LogP) is 11.1. The van der Waals surface area contributed by atoms with E-state index in [2.05, 4.69) is 86.6 Å². The number of anilines is 3. The number of phenols is 1. The fourth-order valence-electron chi connectivity index (χ4n) is 10.0. The van der Waals surface area contributed by atoms with Crippen molar-refractivity contribution in [3.05, 3.63) is 146 Å². The standard InChI is InChI=1S/C21H16F4N6O3.C21H20N6O3.C20H20N6O3/c1-2-26-19(32)30-18-28-13-8-12(9-14(17(13)29-18)31-7-3-6-27-31)11-4-5-15-16(10-11)34-21(24,25)20(22,23)33-15;1-2-22-21(28)26-20-24-15-10-14(11-16(19(15)25-20)27-7-3-6-23-27)13-4-5-17-18(12-13)30-9-8-29-17;1-3-21-20(28)25-19-23-14-9-13(12-5-6-17(29-2)16(27)11-12)10-15(18(14)24-19)26-8-4-7-22-26/h3-10H,2H2,1H3,(H3,26,28,29,30,32);3-7,10-12H,2,8-9H2,1H3,(H3,22,24,25,26,28);4-11,27H,3H2,1-2H3,(H3,21,23,24,25,28). The first-order valence-corrected chi connectivity index (χ1v) is 28.8. The Kier molecular flexibility index (Phi) is 16.8. The van der Waals surface area contributed by atoms with Crippen LogP contribution < -0.4 is 55.6 Å². The maximum Gasteiger partial charge on any atom is 0.507 e. The second-order valence-corrected chi connectivity index (χ2v) is 20.4. The SMILES string of the molecule is CCNC(=O)Nc1nc2c(-n3cccn3)cc(-c3ccc(OC)c(O)c3)cc2[nH]1.CCNC(=O)Nc1nc2c(-n3cccn3)cc(-c3ccc4c(c3)OC(F)(F)C(F)(F)O4)cc2[nH]1.CCNC(=O)Nc1nc2c(-n3cccn3)cc(-c3ccc4c(c3)OCCO4)cc2[nH]1. The monoisotopic (exact) mass is 1270 g/mol. The largest absolute Gasteiger partial charge is 0.507 e. The summed E-state index contributed by atoms with van der Waals surface area (Å²) in [5.74, 6) is 1.75. The highest BCUT2D eigenvalue weighted by Gasteiger charge is 2.66. The average molecular weight is 1270 g/mol. The highest BCUT2D eigenvalue weighted by Crippen LogP contribution is 2.48. The average Bonchev–Trinajstić information content (AvgIpc) is 1.77. The molecule has 0 unspecified atom stereocenters. The molecule has 27 nitrogen and oxygen atoms in total. The van der Waals surface area contributed by atoms with E-state index in [1.807, 2.05) is 86.9 Å². The molecule has 12 aromatic rings. The molecule has 0 fully saturated rings. The number of hydrogen-bond acceptors (Lipinski definition) is 15. The number of carbonyl (C=O) groups excluding carboxylic acids is 3. The van der Waals surface area contributed by atoms with Crippen molar-refractivity contribution in [2.24, 2.45) is 0 Å². The molecule has 31 heteroatoms. The van der Waals surface area contributed by atoms with E-state index in [0.29, 0.717) is 89.4 Å². The molecule has 10 N–H and O–H groups in total. The lowest BCUT2D eigenvalue weighted by molar-refractivity contribution is -0.391. The molecular weight excluding hydrogens is 1220 g/mol. The summed E-state index contributed by atoms with van der Waals surface area (Å²) >= 11 is 0. The topological polar surface area (TPSA) is 329 Å². The molecule has 0 bridgehead atoms. The van der Waals surface area contributed by atoms with Gasteiger partial charge in [-0.2, -0.15) is 32.9 Å². The normalized spacial score (nSPS) is 13.2. The molecule has 6 amide bonds. The number of rotatable bonds is 13. The Balaban J connectivity index is 0.000000135. The van der Waals surface area contributed by atoms with Crippen molar-refractivity contribution in [1.82, 2.24) is 75.2 Å². The Bertz CT molecular complexity index is 4710. The summed E-state index contributed by atoms with van der Waals surface area (Å²) in [5.41, 5.74) is 10.3. The smallest absolute Gasteiger partial charge is 0.504 e. The predicted molar refractivity (Wildman–Crippen MR) is 334 cm³/mol. The van der Waals surface area contributed by atoms with Crippen molar-refractivity contribution in [3.63, 3.8) is 0 Å². The summed E-state index contributed by atoms with van der Waals surface area (Å²) < 4.78 is 84.1. The summed E-state index contributed by atoms with van der Waals surface area (Å²) in [5, 5.41) is 39.0. The minimum absolute atomic E-state index is 0.0499. The summed E-state index contributed by atoms with van der Waals surface area (Å²) in [7, 11) is 1.50. The molecule has 8 heterocycles. The number of nitrogens with zero attached hydrogens (tertiary/aromatic N) is 9. The van der Waals surface area contributed by atoms with Crippen molar-refractivity contribution < 1.29 is 60.7 Å². The van der Waals surface area contributed by atoms with Crippen LogP contribution in [0.2, 0.25) is 0 Å². The van der Waals surface area contributed by atoms with E-state index >= 15 is 0 Å². The second-order valence-electron chi connectivity index (χ2n) is 20.4. The fourth-order valence-corrected chi connectivity index (χ4v) is 10.0. The van der Waals surface area contributed by atoms with Gasteiger partial charge in [-0.25, -0.2) is 43.4 Å². The van der Waals surface area contributed by atoms with Gasteiger partial charge in [-0.1, -0.05) is 18.2 Å². The number of phenolic OH excluding ortho intramolecular Hbond substituents is 1. The lowest BCUT2D eigenvalue weighted by Gasteiger charge is -2.32. The molecule has 0 atom stereocenters. The van der Waals surface area contributed by atoms with Gasteiger partial charge in [0, 0.05) is 56.8 Å². The third-order valence-corrected chi connectivity index (χ3v) is 14.1. The lowest BCUT2D eigenvalue weighted by atomic mass is 10.0. The third-order valence-electron chi connectivity index (χ3n) is 14.1. The van der Waals surface area contributed by atoms with Crippen LogP contribution >= 0.6 is 0 Å². The Morgan fingerprint density at radius 1 is 0.505 bits per heavy atom. The minimum Gasteiger partial charge on any atom is -0.504 e. The molecule has 0 spiro atoms. The lowest BCUT2D eigenvalue weighted by Crippen LogP contribution is -2.52. The zero-order valence-corrected chi connectivity index (χ0v) is 49.6. The molecular formula is C62H56F4N18O9. The van der Waals surface area contributed by atoms with Crippen LogP contribution in [0.25, 0.3) is 83.5 Å². The van der Waals surface area contributed by atoms with E-state index in [-0.39, 0.29) is 23.8 Å². The van der Waals surface area contributed by atoms with E-state index in [1.54, 1.807) is 71.4 Å². The van der Waals surface area contributed by atoms with E-state index in [0.717, 1.165) is 62.2 Å². The summed E-state index contributed by atoms with van der Waals surface area (Å²) in [6, 6.07) is 30.2. The number of aromatic amines is 3. The first-order chi connectivity index (χ1) is 45.0. The van der Waals surface area contributed by atoms with Gasteiger partial charge in [0.1, 0.15) is 29.8 Å². The first kappa shape index (κ1) is 61.0. The molecule has 476 valence electrons. The van der Waals surface area contributed by atoms with Gasteiger partial charge in [0.25, 0.3) is 0 Å². The van der Waals surface area contributed by atoms with E-state index in [1.165, 1.54) is 23.9 Å². The van der Waals surface area contributed by atoms with Gasteiger partial charge in [0.2, 0.25) is 17.8 Å². The number of hydrogen-bond donors (Lipinski definition) is 10. The fraction of sp³-hybridized carbons (Fsp3) is 0.177. The summed E-state index contributed by atoms with van der Waals surface area (Å²) in [4.78, 5) is 58.4. The number of alkyl halides is 4. The van der Waals surface area contributed by atoms with Gasteiger partial charge in [0.15, 0.2) is 34.5 Å². The number of fused-ring (bicyclic) bond motifs is 5. The number of ether oxygens (including phenoxy) is 5. The van der Waals surface area contributed by atoms with Crippen molar-refractivity contribution in [2.45, 2.75) is 33.0 Å². The quantitative estimate of drug-likeness (QED) is 0.0480. The number of halogens is 4. The maximum atomic E-state index is 13.7. The van der Waals surface area contributed by atoms with Crippen molar-refractivity contribution in [2.75, 3.05) is 55.9 Å². The Morgan fingerprint density at radius 2 is 0.882 bits per heavy atom. The second kappa shape index (κ2) is 25.7. The Morgan fingerprint density at radius 3 is 1.27 bits per heavy atom. The van der Waals surface area contributed by atoms with Crippen molar-refractivity contribution in [1.29, 1.82) is 0 Å². The number of amides is 6. The first-order valence-electron chi connectivity index (χ1n) is 28.8. The van der Waals surface area contributed by atoms with Crippen LogP contribution in [0.4, 0.5) is 49.8 Å². The van der Waals surface area contributed by atoms with Gasteiger partial charge < -0.3 is 59.7 Å².